The summed E-state index contributed by atoms with van der Waals surface area (Å²) in [5.41, 5.74) is 0.816. The van der Waals surface area contributed by atoms with Crippen LogP contribution in [0, 0.1) is 5.92 Å². The first kappa shape index (κ1) is 20.4. The van der Waals surface area contributed by atoms with Crippen molar-refractivity contribution in [2.45, 2.75) is 18.9 Å². The molecule has 1 fully saturated rings. The largest absolute Gasteiger partial charge is 0.336 e. The number of likely N-dealkylation sites (tertiary alicyclic amines) is 1. The molecular formula is C21H28N4O2S. The fraction of sp³-hybridized carbons (Fsp3) is 0.429. The molecule has 7 heteroatoms. The fourth-order valence-corrected chi connectivity index (χ4v) is 4.35. The maximum Gasteiger partial charge on any atom is 0.317 e. The van der Waals surface area contributed by atoms with Crippen molar-refractivity contribution in [2.75, 3.05) is 39.0 Å². The van der Waals surface area contributed by atoms with E-state index < -0.39 is 0 Å². The summed E-state index contributed by atoms with van der Waals surface area (Å²) in [7, 11) is 4.04. The van der Waals surface area contributed by atoms with Crippen LogP contribution in [0.2, 0.25) is 0 Å². The Bertz CT molecular complexity index is 756. The average molecular weight is 401 g/mol. The zero-order valence-electron chi connectivity index (χ0n) is 16.4. The Labute approximate surface area is 170 Å². The number of likely N-dealkylation sites (N-methyl/N-ethyl adjacent to an activating group) is 1. The van der Waals surface area contributed by atoms with Gasteiger partial charge in [0.25, 0.3) is 0 Å². The van der Waals surface area contributed by atoms with Crippen molar-refractivity contribution >= 4 is 29.0 Å². The standard InChI is InChI=1S/C21H28N4O2S/c1-24(2)18(19-9-6-14-28-19)15-22-21(27)25-12-10-16(11-13-25)20(26)23-17-7-4-3-5-8-17/h3-9,14,16,18H,10-13,15H2,1-2H3,(H,22,27)(H,23,26). The molecule has 1 saturated heterocycles. The van der Waals surface area contributed by atoms with Crippen LogP contribution in [0.1, 0.15) is 23.8 Å². The minimum absolute atomic E-state index is 0.0385. The highest BCUT2D eigenvalue weighted by molar-refractivity contribution is 7.10. The van der Waals surface area contributed by atoms with Crippen LogP contribution in [0.25, 0.3) is 0 Å². The summed E-state index contributed by atoms with van der Waals surface area (Å²) >= 11 is 1.70. The summed E-state index contributed by atoms with van der Waals surface area (Å²) in [6, 6.07) is 13.7. The van der Waals surface area contributed by atoms with Gasteiger partial charge in [-0.2, -0.15) is 0 Å². The Hall–Kier alpha value is -2.38. The van der Waals surface area contributed by atoms with Crippen LogP contribution in [0.5, 0.6) is 0 Å². The van der Waals surface area contributed by atoms with E-state index in [1.807, 2.05) is 55.4 Å². The number of para-hydroxylation sites is 1. The van der Waals surface area contributed by atoms with E-state index >= 15 is 0 Å². The number of benzene rings is 1. The molecule has 28 heavy (non-hydrogen) atoms. The second kappa shape index (κ2) is 9.71. The number of thiophene rings is 1. The highest BCUT2D eigenvalue weighted by Gasteiger charge is 2.28. The number of rotatable bonds is 6. The Balaban J connectivity index is 1.45. The fourth-order valence-electron chi connectivity index (χ4n) is 3.42. The molecule has 3 amide bonds. The molecule has 2 heterocycles. The van der Waals surface area contributed by atoms with Crippen LogP contribution < -0.4 is 10.6 Å². The van der Waals surface area contributed by atoms with Gasteiger partial charge in [-0.3, -0.25) is 4.79 Å². The summed E-state index contributed by atoms with van der Waals surface area (Å²) in [5.74, 6) is -0.0125. The lowest BCUT2D eigenvalue weighted by molar-refractivity contribution is -0.121. The molecule has 1 unspecified atom stereocenters. The maximum absolute atomic E-state index is 12.6. The van der Waals surface area contributed by atoms with Gasteiger partial charge in [0.1, 0.15) is 0 Å². The van der Waals surface area contributed by atoms with Crippen molar-refractivity contribution in [3.05, 3.63) is 52.7 Å². The molecule has 0 saturated carbocycles. The molecule has 1 aliphatic rings. The van der Waals surface area contributed by atoms with Crippen LogP contribution in [0.3, 0.4) is 0 Å². The van der Waals surface area contributed by atoms with Gasteiger partial charge in [-0.25, -0.2) is 4.79 Å². The predicted octanol–water partition coefficient (Wildman–Crippen LogP) is 3.41. The number of anilines is 1. The number of carbonyl (C=O) groups excluding carboxylic acids is 2. The van der Waals surface area contributed by atoms with Crippen molar-refractivity contribution in [2.24, 2.45) is 5.92 Å². The molecule has 2 aromatic rings. The van der Waals surface area contributed by atoms with Crippen LogP contribution in [-0.4, -0.2) is 55.5 Å². The molecule has 2 N–H and O–H groups in total. The van der Waals surface area contributed by atoms with Gasteiger partial charge in [0.2, 0.25) is 5.91 Å². The smallest absolute Gasteiger partial charge is 0.317 e. The first-order chi connectivity index (χ1) is 13.5. The summed E-state index contributed by atoms with van der Waals surface area (Å²) in [5, 5.41) is 8.07. The van der Waals surface area contributed by atoms with Gasteiger partial charge >= 0.3 is 6.03 Å². The van der Waals surface area contributed by atoms with Crippen molar-refractivity contribution < 1.29 is 9.59 Å². The van der Waals surface area contributed by atoms with Crippen LogP contribution in [0.4, 0.5) is 10.5 Å². The SMILES string of the molecule is CN(C)C(CNC(=O)N1CCC(C(=O)Nc2ccccc2)CC1)c1cccs1. The Morgan fingerprint density at radius 1 is 1.14 bits per heavy atom. The molecule has 3 rings (SSSR count). The number of hydrogen-bond acceptors (Lipinski definition) is 4. The summed E-state index contributed by atoms with van der Waals surface area (Å²) in [6.07, 6.45) is 1.38. The average Bonchev–Trinajstić information content (AvgIpc) is 3.23. The lowest BCUT2D eigenvalue weighted by atomic mass is 9.96. The molecule has 6 nitrogen and oxygen atoms in total. The predicted molar refractivity (Wildman–Crippen MR) is 114 cm³/mol. The lowest BCUT2D eigenvalue weighted by Crippen LogP contribution is -2.47. The number of carbonyl (C=O) groups is 2. The molecule has 0 aliphatic carbocycles. The molecule has 0 spiro atoms. The number of amides is 3. The molecule has 1 aromatic carbocycles. The van der Waals surface area contributed by atoms with Crippen molar-refractivity contribution in [3.8, 4) is 0 Å². The Kier molecular flexibility index (Phi) is 7.06. The van der Waals surface area contributed by atoms with Gasteiger partial charge in [0.15, 0.2) is 0 Å². The molecular weight excluding hydrogens is 372 g/mol. The molecule has 0 radical (unpaired) electrons. The third-order valence-corrected chi connectivity index (χ3v) is 6.11. The highest BCUT2D eigenvalue weighted by Crippen LogP contribution is 2.23. The van der Waals surface area contributed by atoms with Gasteiger partial charge in [0.05, 0.1) is 6.04 Å². The minimum Gasteiger partial charge on any atom is -0.336 e. The third kappa shape index (κ3) is 5.33. The quantitative estimate of drug-likeness (QED) is 0.781. The summed E-state index contributed by atoms with van der Waals surface area (Å²) in [6.45, 7) is 1.77. The van der Waals surface area contributed by atoms with Gasteiger partial charge in [0, 0.05) is 36.1 Å². The molecule has 1 aromatic heterocycles. The van der Waals surface area contributed by atoms with E-state index in [1.54, 1.807) is 11.3 Å². The number of urea groups is 1. The van der Waals surface area contributed by atoms with E-state index in [9.17, 15) is 9.59 Å². The molecule has 1 atom stereocenters. The maximum atomic E-state index is 12.6. The normalized spacial score (nSPS) is 16.0. The van der Waals surface area contributed by atoms with Crippen molar-refractivity contribution in [1.82, 2.24) is 15.1 Å². The number of hydrogen-bond donors (Lipinski definition) is 2. The topological polar surface area (TPSA) is 64.7 Å². The van der Waals surface area contributed by atoms with Crippen LogP contribution in [-0.2, 0) is 4.79 Å². The van der Waals surface area contributed by atoms with Crippen molar-refractivity contribution in [1.29, 1.82) is 0 Å². The monoisotopic (exact) mass is 400 g/mol. The zero-order chi connectivity index (χ0) is 19.9. The lowest BCUT2D eigenvalue weighted by Gasteiger charge is -2.32. The highest BCUT2D eigenvalue weighted by atomic mass is 32.1. The first-order valence-corrected chi connectivity index (χ1v) is 10.5. The summed E-state index contributed by atoms with van der Waals surface area (Å²) < 4.78 is 0. The Morgan fingerprint density at radius 2 is 1.86 bits per heavy atom. The number of nitrogens with zero attached hydrogens (tertiary/aromatic N) is 2. The van der Waals surface area contributed by atoms with Crippen molar-refractivity contribution in [3.63, 3.8) is 0 Å². The Morgan fingerprint density at radius 3 is 2.46 bits per heavy atom. The number of piperidine rings is 1. The minimum atomic E-state index is -0.0510. The summed E-state index contributed by atoms with van der Waals surface area (Å²) in [4.78, 5) is 30.2. The van der Waals surface area contributed by atoms with E-state index in [0.29, 0.717) is 32.5 Å². The van der Waals surface area contributed by atoms with E-state index in [4.69, 9.17) is 0 Å². The van der Waals surface area contributed by atoms with Gasteiger partial charge in [-0.15, -0.1) is 11.3 Å². The van der Waals surface area contributed by atoms with E-state index in [-0.39, 0.29) is 23.9 Å². The van der Waals surface area contributed by atoms with E-state index in [2.05, 4.69) is 27.0 Å². The van der Waals surface area contributed by atoms with Gasteiger partial charge in [-0.1, -0.05) is 24.3 Å². The van der Waals surface area contributed by atoms with Crippen LogP contribution >= 0.6 is 11.3 Å². The molecule has 150 valence electrons. The molecule has 0 bridgehead atoms. The van der Waals surface area contributed by atoms with Gasteiger partial charge < -0.3 is 20.4 Å². The third-order valence-electron chi connectivity index (χ3n) is 5.14. The van der Waals surface area contributed by atoms with Gasteiger partial charge in [-0.05, 0) is 50.5 Å². The zero-order valence-corrected chi connectivity index (χ0v) is 17.2. The molecule has 1 aliphatic heterocycles. The second-order valence-electron chi connectivity index (χ2n) is 7.30. The first-order valence-electron chi connectivity index (χ1n) is 9.63. The van der Waals surface area contributed by atoms with E-state index in [1.165, 1.54) is 4.88 Å². The van der Waals surface area contributed by atoms with Crippen LogP contribution in [0.15, 0.2) is 47.8 Å². The second-order valence-corrected chi connectivity index (χ2v) is 8.28. The number of nitrogens with one attached hydrogen (secondary N) is 2. The van der Waals surface area contributed by atoms with E-state index in [0.717, 1.165) is 5.69 Å².